The first kappa shape index (κ1) is 12.8. The average Bonchev–Trinajstić information content (AvgIpc) is 2.76. The molecule has 1 atom stereocenters. The fourth-order valence-electron chi connectivity index (χ4n) is 2.01. The van der Waals surface area contributed by atoms with E-state index >= 15 is 0 Å². The third-order valence-electron chi connectivity index (χ3n) is 3.15. The summed E-state index contributed by atoms with van der Waals surface area (Å²) in [6, 6.07) is 6.62. The van der Waals surface area contributed by atoms with E-state index in [4.69, 9.17) is 0 Å². The Hall–Kier alpha value is -1.62. The summed E-state index contributed by atoms with van der Waals surface area (Å²) in [6.45, 7) is 4.94. The molecule has 0 saturated carbocycles. The molecule has 5 heteroatoms. The molecule has 0 spiro atoms. The third-order valence-corrected chi connectivity index (χ3v) is 3.15. The second-order valence-electron chi connectivity index (χ2n) is 4.45. The van der Waals surface area contributed by atoms with Crippen LogP contribution in [-0.2, 0) is 0 Å². The van der Waals surface area contributed by atoms with Crippen LogP contribution in [0.5, 0.6) is 0 Å². The zero-order valence-electron chi connectivity index (χ0n) is 10.4. The maximum Gasteiger partial charge on any atom is 0.317 e. The molecule has 1 aliphatic rings. The molecular formula is C13H18FN3O. The van der Waals surface area contributed by atoms with Crippen LogP contribution in [0, 0.1) is 5.82 Å². The zero-order valence-corrected chi connectivity index (χ0v) is 10.4. The Morgan fingerprint density at radius 3 is 2.78 bits per heavy atom. The van der Waals surface area contributed by atoms with Crippen molar-refractivity contribution >= 4 is 6.03 Å². The minimum Gasteiger partial charge on any atom is -0.336 e. The van der Waals surface area contributed by atoms with Crippen LogP contribution in [0.2, 0.25) is 0 Å². The van der Waals surface area contributed by atoms with Crippen LogP contribution in [0.25, 0.3) is 0 Å². The molecule has 4 nitrogen and oxygen atoms in total. The van der Waals surface area contributed by atoms with Crippen molar-refractivity contribution in [1.82, 2.24) is 15.5 Å². The molecule has 2 N–H and O–H groups in total. The van der Waals surface area contributed by atoms with Gasteiger partial charge in [0.05, 0.1) is 0 Å². The van der Waals surface area contributed by atoms with Crippen molar-refractivity contribution < 1.29 is 9.18 Å². The molecule has 0 unspecified atom stereocenters. The van der Waals surface area contributed by atoms with Crippen LogP contribution in [-0.4, -0.2) is 37.1 Å². The number of hydrogen-bond donors (Lipinski definition) is 2. The van der Waals surface area contributed by atoms with Crippen molar-refractivity contribution in [2.45, 2.75) is 13.0 Å². The summed E-state index contributed by atoms with van der Waals surface area (Å²) < 4.78 is 12.8. The van der Waals surface area contributed by atoms with Gasteiger partial charge in [-0.3, -0.25) is 0 Å². The predicted molar refractivity (Wildman–Crippen MR) is 67.8 cm³/mol. The Kier molecular flexibility index (Phi) is 4.15. The molecule has 1 heterocycles. The van der Waals surface area contributed by atoms with Gasteiger partial charge in [-0.1, -0.05) is 12.1 Å². The molecule has 2 rings (SSSR count). The number of nitrogens with zero attached hydrogens (tertiary/aromatic N) is 1. The highest BCUT2D eigenvalue weighted by Gasteiger charge is 2.18. The van der Waals surface area contributed by atoms with E-state index in [1.54, 1.807) is 17.0 Å². The normalized spacial score (nSPS) is 16.8. The van der Waals surface area contributed by atoms with Gasteiger partial charge in [-0.25, -0.2) is 9.18 Å². The summed E-state index contributed by atoms with van der Waals surface area (Å²) in [4.78, 5) is 13.1. The van der Waals surface area contributed by atoms with Crippen molar-refractivity contribution in [1.29, 1.82) is 0 Å². The fraction of sp³-hybridized carbons (Fsp3) is 0.462. The van der Waals surface area contributed by atoms with Gasteiger partial charge >= 0.3 is 6.03 Å². The number of carbonyl (C=O) groups excluding carboxylic acids is 1. The summed E-state index contributed by atoms with van der Waals surface area (Å²) in [7, 11) is 0. The fourth-order valence-corrected chi connectivity index (χ4v) is 2.01. The van der Waals surface area contributed by atoms with E-state index < -0.39 is 0 Å². The molecule has 0 bridgehead atoms. The smallest absolute Gasteiger partial charge is 0.317 e. The molecule has 1 fully saturated rings. The quantitative estimate of drug-likeness (QED) is 0.833. The highest BCUT2D eigenvalue weighted by atomic mass is 19.1. The van der Waals surface area contributed by atoms with Gasteiger partial charge in [0.15, 0.2) is 0 Å². The highest BCUT2D eigenvalue weighted by molar-refractivity contribution is 5.76. The van der Waals surface area contributed by atoms with Crippen LogP contribution in [0.1, 0.15) is 18.5 Å². The lowest BCUT2D eigenvalue weighted by Crippen LogP contribution is -2.35. The number of benzene rings is 1. The minimum atomic E-state index is -0.223. The molecule has 0 aliphatic carbocycles. The number of rotatable bonds is 5. The Bertz CT molecular complexity index is 407. The van der Waals surface area contributed by atoms with Crippen LogP contribution >= 0.6 is 0 Å². The van der Waals surface area contributed by atoms with Crippen molar-refractivity contribution in [3.8, 4) is 0 Å². The number of urea groups is 1. The largest absolute Gasteiger partial charge is 0.336 e. The molecule has 0 radical (unpaired) electrons. The van der Waals surface area contributed by atoms with Crippen molar-refractivity contribution in [3.05, 3.63) is 35.6 Å². The Balaban J connectivity index is 1.76. The lowest BCUT2D eigenvalue weighted by atomic mass is 10.1. The van der Waals surface area contributed by atoms with Crippen LogP contribution < -0.4 is 10.6 Å². The molecular weight excluding hydrogens is 233 g/mol. The van der Waals surface area contributed by atoms with Gasteiger partial charge in [0.1, 0.15) is 5.82 Å². The van der Waals surface area contributed by atoms with Gasteiger partial charge in [0.25, 0.3) is 0 Å². The standard InChI is InChI=1S/C13H18FN3O/c1-10(11-2-4-12(14)5-3-11)15-6-8-17-9-7-16-13(17)18/h2-5,10,15H,6-9H2,1H3,(H,16,18)/t10-/m1/s1. The maximum atomic E-state index is 12.8. The number of amides is 2. The predicted octanol–water partition coefficient (Wildman–Crippen LogP) is 1.50. The summed E-state index contributed by atoms with van der Waals surface area (Å²) in [5.41, 5.74) is 1.04. The average molecular weight is 251 g/mol. The molecule has 1 aromatic rings. The molecule has 0 aromatic heterocycles. The van der Waals surface area contributed by atoms with Crippen molar-refractivity contribution in [3.63, 3.8) is 0 Å². The Labute approximate surface area is 106 Å². The molecule has 1 saturated heterocycles. The SMILES string of the molecule is C[C@@H](NCCN1CCNC1=O)c1ccc(F)cc1. The van der Waals surface area contributed by atoms with Gasteiger partial charge in [-0.05, 0) is 24.6 Å². The van der Waals surface area contributed by atoms with Crippen molar-refractivity contribution in [2.75, 3.05) is 26.2 Å². The number of halogens is 1. The molecule has 18 heavy (non-hydrogen) atoms. The molecule has 1 aromatic carbocycles. The first-order valence-electron chi connectivity index (χ1n) is 6.18. The number of carbonyl (C=O) groups is 1. The van der Waals surface area contributed by atoms with Crippen molar-refractivity contribution in [2.24, 2.45) is 0 Å². The summed E-state index contributed by atoms with van der Waals surface area (Å²) in [5.74, 6) is -0.223. The second-order valence-corrected chi connectivity index (χ2v) is 4.45. The van der Waals surface area contributed by atoms with Crippen LogP contribution in [0.4, 0.5) is 9.18 Å². The number of nitrogens with one attached hydrogen (secondary N) is 2. The maximum absolute atomic E-state index is 12.8. The first-order valence-corrected chi connectivity index (χ1v) is 6.18. The Morgan fingerprint density at radius 1 is 1.44 bits per heavy atom. The Morgan fingerprint density at radius 2 is 2.17 bits per heavy atom. The van der Waals surface area contributed by atoms with Gasteiger partial charge < -0.3 is 15.5 Å². The van der Waals surface area contributed by atoms with Gasteiger partial charge in [-0.2, -0.15) is 0 Å². The first-order chi connectivity index (χ1) is 8.66. The topological polar surface area (TPSA) is 44.4 Å². The van der Waals surface area contributed by atoms with Gasteiger partial charge in [0.2, 0.25) is 0 Å². The lowest BCUT2D eigenvalue weighted by Gasteiger charge is -2.18. The van der Waals surface area contributed by atoms with E-state index in [1.807, 2.05) is 6.92 Å². The van der Waals surface area contributed by atoms with Crippen LogP contribution in [0.15, 0.2) is 24.3 Å². The summed E-state index contributed by atoms with van der Waals surface area (Å²) in [6.07, 6.45) is 0. The van der Waals surface area contributed by atoms with E-state index in [-0.39, 0.29) is 17.9 Å². The second kappa shape index (κ2) is 5.82. The molecule has 98 valence electrons. The number of hydrogen-bond acceptors (Lipinski definition) is 2. The van der Waals surface area contributed by atoms with E-state index in [1.165, 1.54) is 12.1 Å². The lowest BCUT2D eigenvalue weighted by molar-refractivity contribution is 0.217. The monoisotopic (exact) mass is 251 g/mol. The molecule has 2 amide bonds. The molecule has 1 aliphatic heterocycles. The van der Waals surface area contributed by atoms with Crippen LogP contribution in [0.3, 0.4) is 0 Å². The van der Waals surface area contributed by atoms with E-state index in [2.05, 4.69) is 10.6 Å². The van der Waals surface area contributed by atoms with E-state index in [0.29, 0.717) is 6.54 Å². The van der Waals surface area contributed by atoms with Gasteiger partial charge in [0, 0.05) is 32.2 Å². The summed E-state index contributed by atoms with van der Waals surface area (Å²) in [5, 5.41) is 6.08. The van der Waals surface area contributed by atoms with Gasteiger partial charge in [-0.15, -0.1) is 0 Å². The minimum absolute atomic E-state index is 0.00577. The zero-order chi connectivity index (χ0) is 13.0. The third kappa shape index (κ3) is 3.20. The van der Waals surface area contributed by atoms with E-state index in [9.17, 15) is 9.18 Å². The van der Waals surface area contributed by atoms with E-state index in [0.717, 1.165) is 25.2 Å². The summed E-state index contributed by atoms with van der Waals surface area (Å²) >= 11 is 0. The highest BCUT2D eigenvalue weighted by Crippen LogP contribution is 2.12.